The number of amides is 2. The van der Waals surface area contributed by atoms with E-state index in [0.29, 0.717) is 17.1 Å². The molecule has 1 aromatic heterocycles. The lowest BCUT2D eigenvalue weighted by Crippen LogP contribution is -2.32. The van der Waals surface area contributed by atoms with Crippen LogP contribution in [0.5, 0.6) is 0 Å². The van der Waals surface area contributed by atoms with Crippen LogP contribution >= 0.6 is 0 Å². The van der Waals surface area contributed by atoms with Gasteiger partial charge in [-0.3, -0.25) is 9.59 Å². The number of carbonyl (C=O) groups excluding carboxylic acids is 2. The molecule has 7 heteroatoms. The number of anilines is 2. The van der Waals surface area contributed by atoms with Gasteiger partial charge in [-0.05, 0) is 55.3 Å². The first-order valence-electron chi connectivity index (χ1n) is 11.3. The van der Waals surface area contributed by atoms with Gasteiger partial charge in [0.15, 0.2) is 0 Å². The molecule has 3 aromatic rings. The maximum Gasteiger partial charge on any atom is 0.253 e. The summed E-state index contributed by atoms with van der Waals surface area (Å²) in [4.78, 5) is 31.5. The Balaban J connectivity index is 1.82. The average Bonchev–Trinajstić information content (AvgIpc) is 3.13. The van der Waals surface area contributed by atoms with Crippen LogP contribution in [0.25, 0.3) is 11.0 Å². The van der Waals surface area contributed by atoms with Gasteiger partial charge >= 0.3 is 0 Å². The predicted molar refractivity (Wildman–Crippen MR) is 130 cm³/mol. The highest BCUT2D eigenvalue weighted by Gasteiger charge is 2.17. The van der Waals surface area contributed by atoms with Crippen LogP contribution in [0.3, 0.4) is 0 Å². The second-order valence-corrected chi connectivity index (χ2v) is 7.98. The largest absolute Gasteiger partial charge is 0.355 e. The number of fused-ring (bicyclic) bond motifs is 1. The number of hydrogen-bond acceptors (Lipinski definition) is 4. The van der Waals surface area contributed by atoms with Gasteiger partial charge < -0.3 is 20.1 Å². The van der Waals surface area contributed by atoms with Crippen molar-refractivity contribution in [1.82, 2.24) is 19.8 Å². The molecule has 0 aliphatic carbocycles. The molecular formula is C25H33N5O2. The van der Waals surface area contributed by atoms with Gasteiger partial charge in [0.2, 0.25) is 5.95 Å². The fourth-order valence-corrected chi connectivity index (χ4v) is 3.61. The summed E-state index contributed by atoms with van der Waals surface area (Å²) >= 11 is 0. The number of rotatable bonds is 10. The minimum atomic E-state index is -0.122. The Morgan fingerprint density at radius 1 is 0.969 bits per heavy atom. The molecule has 0 aliphatic rings. The van der Waals surface area contributed by atoms with Gasteiger partial charge in [0.25, 0.3) is 11.8 Å². The lowest BCUT2D eigenvalue weighted by molar-refractivity contribution is 0.0751. The van der Waals surface area contributed by atoms with E-state index < -0.39 is 0 Å². The number of unbranched alkanes of at least 4 members (excludes halogenated alkanes) is 2. The molecule has 0 bridgehead atoms. The average molecular weight is 436 g/mol. The smallest absolute Gasteiger partial charge is 0.253 e. The molecule has 0 atom stereocenters. The molecule has 2 N–H and O–H groups in total. The van der Waals surface area contributed by atoms with E-state index in [1.54, 1.807) is 19.2 Å². The van der Waals surface area contributed by atoms with Crippen molar-refractivity contribution in [3.05, 3.63) is 53.6 Å². The van der Waals surface area contributed by atoms with Crippen molar-refractivity contribution in [1.29, 1.82) is 0 Å². The van der Waals surface area contributed by atoms with E-state index in [0.717, 1.165) is 55.5 Å². The quantitative estimate of drug-likeness (QED) is 0.483. The number of carbonyl (C=O) groups is 2. The molecule has 170 valence electrons. The maximum absolute atomic E-state index is 13.2. The van der Waals surface area contributed by atoms with E-state index in [-0.39, 0.29) is 11.8 Å². The Hall–Kier alpha value is -3.35. The van der Waals surface area contributed by atoms with Gasteiger partial charge in [0.05, 0.1) is 11.0 Å². The van der Waals surface area contributed by atoms with E-state index in [1.807, 2.05) is 46.8 Å². The Labute approximate surface area is 189 Å². The summed E-state index contributed by atoms with van der Waals surface area (Å²) in [5, 5.41) is 5.91. The number of imidazole rings is 1. The summed E-state index contributed by atoms with van der Waals surface area (Å²) in [5.41, 5.74) is 3.84. The van der Waals surface area contributed by atoms with E-state index >= 15 is 0 Å². The van der Waals surface area contributed by atoms with Crippen molar-refractivity contribution in [3.63, 3.8) is 0 Å². The summed E-state index contributed by atoms with van der Waals surface area (Å²) in [7, 11) is 3.54. The number of nitrogens with one attached hydrogen (secondary N) is 2. The molecule has 2 aromatic carbocycles. The first kappa shape index (κ1) is 23.3. The minimum absolute atomic E-state index is 0.0781. The molecule has 0 radical (unpaired) electrons. The fourth-order valence-electron chi connectivity index (χ4n) is 3.61. The van der Waals surface area contributed by atoms with Gasteiger partial charge in [0.1, 0.15) is 0 Å². The molecule has 0 fully saturated rings. The monoisotopic (exact) mass is 435 g/mol. The van der Waals surface area contributed by atoms with Crippen LogP contribution in [0.4, 0.5) is 11.6 Å². The summed E-state index contributed by atoms with van der Waals surface area (Å²) in [6.07, 6.45) is 4.15. The summed E-state index contributed by atoms with van der Waals surface area (Å²) in [6.45, 7) is 5.87. The standard InChI is InChI=1S/C25H33N5O2/c1-5-7-15-30(16-8-6-2)24(32)19-11-14-21-22(17-19)29(4)25(28-21)27-20-12-9-18(10-13-20)23(31)26-3/h9-14,17H,5-8,15-16H2,1-4H3,(H,26,31)(H,27,28). The summed E-state index contributed by atoms with van der Waals surface area (Å²) in [6, 6.07) is 12.9. The SMILES string of the molecule is CCCCN(CCCC)C(=O)c1ccc2nc(Nc3ccc(C(=O)NC)cc3)n(C)c2c1. The van der Waals surface area contributed by atoms with Crippen molar-refractivity contribution < 1.29 is 9.59 Å². The van der Waals surface area contributed by atoms with Gasteiger partial charge in [-0.1, -0.05) is 26.7 Å². The molecule has 1 heterocycles. The first-order valence-corrected chi connectivity index (χ1v) is 11.3. The molecule has 0 unspecified atom stereocenters. The highest BCUT2D eigenvalue weighted by molar-refractivity contribution is 5.98. The zero-order chi connectivity index (χ0) is 23.1. The van der Waals surface area contributed by atoms with Gasteiger partial charge in [-0.25, -0.2) is 4.98 Å². The van der Waals surface area contributed by atoms with Crippen molar-refractivity contribution in [2.75, 3.05) is 25.5 Å². The van der Waals surface area contributed by atoms with E-state index in [9.17, 15) is 9.59 Å². The molecule has 32 heavy (non-hydrogen) atoms. The normalized spacial score (nSPS) is 10.9. The third kappa shape index (κ3) is 5.28. The van der Waals surface area contributed by atoms with E-state index in [1.165, 1.54) is 0 Å². The summed E-state index contributed by atoms with van der Waals surface area (Å²) < 4.78 is 1.95. The predicted octanol–water partition coefficient (Wildman–Crippen LogP) is 4.72. The molecule has 0 spiro atoms. The molecule has 0 saturated carbocycles. The Kier molecular flexibility index (Phi) is 7.87. The van der Waals surface area contributed by atoms with Crippen LogP contribution in [0, 0.1) is 0 Å². The second-order valence-electron chi connectivity index (χ2n) is 7.98. The van der Waals surface area contributed by atoms with E-state index in [2.05, 4.69) is 29.5 Å². The number of aryl methyl sites for hydroxylation is 1. The Bertz CT molecular complexity index is 1060. The van der Waals surface area contributed by atoms with Crippen LogP contribution in [0.1, 0.15) is 60.2 Å². The second kappa shape index (κ2) is 10.8. The number of hydrogen-bond donors (Lipinski definition) is 2. The fraction of sp³-hybridized carbons (Fsp3) is 0.400. The molecule has 0 saturated heterocycles. The lowest BCUT2D eigenvalue weighted by atomic mass is 10.1. The van der Waals surface area contributed by atoms with Gasteiger partial charge in [0, 0.05) is 44.0 Å². The zero-order valence-electron chi connectivity index (χ0n) is 19.4. The number of benzene rings is 2. The van der Waals surface area contributed by atoms with Crippen molar-refractivity contribution in [2.45, 2.75) is 39.5 Å². The first-order chi connectivity index (χ1) is 15.5. The van der Waals surface area contributed by atoms with Crippen LogP contribution in [-0.2, 0) is 7.05 Å². The third-order valence-electron chi connectivity index (χ3n) is 5.61. The van der Waals surface area contributed by atoms with Crippen LogP contribution in [0.2, 0.25) is 0 Å². The van der Waals surface area contributed by atoms with Crippen LogP contribution in [-0.4, -0.2) is 46.4 Å². The Morgan fingerprint density at radius 2 is 1.59 bits per heavy atom. The lowest BCUT2D eigenvalue weighted by Gasteiger charge is -2.22. The van der Waals surface area contributed by atoms with Crippen molar-refractivity contribution in [2.24, 2.45) is 7.05 Å². The Morgan fingerprint density at radius 3 is 2.19 bits per heavy atom. The maximum atomic E-state index is 13.2. The van der Waals surface area contributed by atoms with Crippen molar-refractivity contribution in [3.8, 4) is 0 Å². The highest BCUT2D eigenvalue weighted by Crippen LogP contribution is 2.23. The van der Waals surface area contributed by atoms with E-state index in [4.69, 9.17) is 0 Å². The van der Waals surface area contributed by atoms with Gasteiger partial charge in [-0.15, -0.1) is 0 Å². The number of aromatic nitrogens is 2. The highest BCUT2D eigenvalue weighted by atomic mass is 16.2. The minimum Gasteiger partial charge on any atom is -0.355 e. The van der Waals surface area contributed by atoms with Gasteiger partial charge in [-0.2, -0.15) is 0 Å². The van der Waals surface area contributed by atoms with Crippen LogP contribution < -0.4 is 10.6 Å². The molecule has 7 nitrogen and oxygen atoms in total. The molecule has 2 amide bonds. The molecular weight excluding hydrogens is 402 g/mol. The van der Waals surface area contributed by atoms with Crippen molar-refractivity contribution >= 4 is 34.5 Å². The zero-order valence-corrected chi connectivity index (χ0v) is 19.4. The number of nitrogens with zero attached hydrogens (tertiary/aromatic N) is 3. The molecule has 3 rings (SSSR count). The molecule has 0 aliphatic heterocycles. The van der Waals surface area contributed by atoms with Crippen LogP contribution in [0.15, 0.2) is 42.5 Å². The topological polar surface area (TPSA) is 79.3 Å². The third-order valence-corrected chi connectivity index (χ3v) is 5.61. The summed E-state index contributed by atoms with van der Waals surface area (Å²) in [5.74, 6) is 0.629.